The highest BCUT2D eigenvalue weighted by molar-refractivity contribution is 6.30. The van der Waals surface area contributed by atoms with E-state index in [9.17, 15) is 9.50 Å². The van der Waals surface area contributed by atoms with Gasteiger partial charge in [0.05, 0.1) is 5.02 Å². The minimum atomic E-state index is -0.485. The van der Waals surface area contributed by atoms with E-state index < -0.39 is 11.9 Å². The second kappa shape index (κ2) is 10.8. The number of benzene rings is 3. The Balaban J connectivity index is 1.39. The van der Waals surface area contributed by atoms with E-state index in [0.717, 1.165) is 47.0 Å². The Kier molecular flexibility index (Phi) is 7.45. The van der Waals surface area contributed by atoms with Crippen molar-refractivity contribution in [2.24, 2.45) is 5.92 Å². The number of allylic oxidation sites excluding steroid dienone is 1. The lowest BCUT2D eigenvalue weighted by atomic mass is 9.86. The van der Waals surface area contributed by atoms with Crippen LogP contribution >= 0.6 is 11.6 Å². The van der Waals surface area contributed by atoms with Crippen LogP contribution in [0.1, 0.15) is 56.4 Å². The molecule has 2 heterocycles. The number of halogens is 2. The van der Waals surface area contributed by atoms with Gasteiger partial charge in [-0.25, -0.2) is 4.39 Å². The van der Waals surface area contributed by atoms with E-state index in [0.29, 0.717) is 24.0 Å². The highest BCUT2D eigenvalue weighted by Gasteiger charge is 2.30. The number of rotatable bonds is 7. The topological polar surface area (TPSA) is 41.9 Å². The zero-order valence-electron chi connectivity index (χ0n) is 21.5. The third-order valence-corrected chi connectivity index (χ3v) is 8.01. The van der Waals surface area contributed by atoms with Crippen molar-refractivity contribution >= 4 is 22.7 Å². The van der Waals surface area contributed by atoms with E-state index in [-0.39, 0.29) is 10.8 Å². The monoisotopic (exact) mass is 521 g/mol. The molecule has 1 saturated heterocycles. The Labute approximate surface area is 223 Å². The van der Waals surface area contributed by atoms with Crippen molar-refractivity contribution in [1.82, 2.24) is 4.90 Å². The van der Waals surface area contributed by atoms with Crippen molar-refractivity contribution < 1.29 is 19.0 Å². The third kappa shape index (κ3) is 5.34. The average Bonchev–Trinajstić information content (AvgIpc) is 3.39. The van der Waals surface area contributed by atoms with E-state index in [1.54, 1.807) is 30.3 Å². The summed E-state index contributed by atoms with van der Waals surface area (Å²) in [5.74, 6) is 1.94. The molecule has 37 heavy (non-hydrogen) atoms. The Morgan fingerprint density at radius 2 is 1.92 bits per heavy atom. The lowest BCUT2D eigenvalue weighted by molar-refractivity contribution is 0.168. The molecule has 194 valence electrons. The summed E-state index contributed by atoms with van der Waals surface area (Å²) >= 11 is 5.96. The molecule has 0 aromatic heterocycles. The summed E-state index contributed by atoms with van der Waals surface area (Å²) in [6, 6.07) is 18.1. The summed E-state index contributed by atoms with van der Waals surface area (Å²) in [5, 5.41) is 10.1. The van der Waals surface area contributed by atoms with Crippen molar-refractivity contribution in [3.63, 3.8) is 0 Å². The lowest BCUT2D eigenvalue weighted by Gasteiger charge is -2.31. The number of aromatic hydroxyl groups is 1. The second-order valence-electron chi connectivity index (χ2n) is 10.1. The lowest BCUT2D eigenvalue weighted by Crippen LogP contribution is -2.35. The molecule has 0 amide bonds. The van der Waals surface area contributed by atoms with Gasteiger partial charge in [-0.2, -0.15) is 0 Å². The number of likely N-dealkylation sites (tertiary alicyclic amines) is 1. The molecular formula is C31H33ClFNO3. The molecule has 5 rings (SSSR count). The van der Waals surface area contributed by atoms with Gasteiger partial charge in [-0.3, -0.25) is 4.90 Å². The number of nitrogens with zero attached hydrogens (tertiary/aromatic N) is 1. The Morgan fingerprint density at radius 3 is 2.62 bits per heavy atom. The standard InChI is InChI=1S/C31H33ClFNO3/c1-4-21-13-14-34(17-21)19(2)18-36-25-9-5-22(6-10-25)31-30(23-7-11-27(32)28(33)15-23)20(3)26-16-24(35)8-12-29(26)37-31/h5-12,15-16,19,21,31,35H,4,13-14,17-18H2,1-3H3/t19-,21+,31?/m0/s1. The van der Waals surface area contributed by atoms with Gasteiger partial charge in [0.25, 0.3) is 0 Å². The van der Waals surface area contributed by atoms with E-state index in [4.69, 9.17) is 21.1 Å². The molecule has 3 aromatic rings. The molecule has 0 saturated carbocycles. The zero-order chi connectivity index (χ0) is 26.1. The Bertz CT molecular complexity index is 1310. The number of hydrogen-bond acceptors (Lipinski definition) is 4. The van der Waals surface area contributed by atoms with E-state index in [2.05, 4.69) is 18.7 Å². The summed E-state index contributed by atoms with van der Waals surface area (Å²) in [6.07, 6.45) is 2.05. The maximum absolute atomic E-state index is 14.5. The fourth-order valence-electron chi connectivity index (χ4n) is 5.36. The average molecular weight is 522 g/mol. The quantitative estimate of drug-likeness (QED) is 0.345. The molecule has 0 bridgehead atoms. The van der Waals surface area contributed by atoms with Gasteiger partial charge in [-0.05, 0) is 91.9 Å². The van der Waals surface area contributed by atoms with Crippen LogP contribution in [0.5, 0.6) is 17.2 Å². The molecule has 1 unspecified atom stereocenters. The first-order chi connectivity index (χ1) is 17.8. The summed E-state index contributed by atoms with van der Waals surface area (Å²) in [4.78, 5) is 2.51. The molecule has 2 aliphatic rings. The molecule has 2 aliphatic heterocycles. The van der Waals surface area contributed by atoms with E-state index in [1.165, 1.54) is 18.9 Å². The molecular weight excluding hydrogens is 489 g/mol. The molecule has 4 nitrogen and oxygen atoms in total. The molecule has 1 N–H and O–H groups in total. The van der Waals surface area contributed by atoms with Gasteiger partial charge >= 0.3 is 0 Å². The van der Waals surface area contributed by atoms with Gasteiger partial charge in [0.2, 0.25) is 0 Å². The van der Waals surface area contributed by atoms with Crippen molar-refractivity contribution in [3.05, 3.63) is 88.2 Å². The van der Waals surface area contributed by atoms with Crippen LogP contribution in [0.2, 0.25) is 5.02 Å². The highest BCUT2D eigenvalue weighted by Crippen LogP contribution is 2.47. The Hall–Kier alpha value is -3.02. The van der Waals surface area contributed by atoms with Crippen LogP contribution < -0.4 is 9.47 Å². The second-order valence-corrected chi connectivity index (χ2v) is 10.5. The molecule has 3 aromatic carbocycles. The summed E-state index contributed by atoms with van der Waals surface area (Å²) in [6.45, 7) is 9.39. The van der Waals surface area contributed by atoms with Gasteiger partial charge < -0.3 is 14.6 Å². The van der Waals surface area contributed by atoms with Crippen molar-refractivity contribution in [2.45, 2.75) is 45.8 Å². The molecule has 0 radical (unpaired) electrons. The number of phenolic OH excluding ortho intramolecular Hbond substituents is 1. The maximum atomic E-state index is 14.5. The highest BCUT2D eigenvalue weighted by atomic mass is 35.5. The Morgan fingerprint density at radius 1 is 1.14 bits per heavy atom. The van der Waals surface area contributed by atoms with Gasteiger partial charge in [0.1, 0.15) is 35.8 Å². The summed E-state index contributed by atoms with van der Waals surface area (Å²) < 4.78 is 27.0. The smallest absolute Gasteiger partial charge is 0.150 e. The minimum absolute atomic E-state index is 0.0724. The zero-order valence-corrected chi connectivity index (χ0v) is 22.3. The van der Waals surface area contributed by atoms with Crippen LogP contribution in [0, 0.1) is 11.7 Å². The van der Waals surface area contributed by atoms with Crippen LogP contribution in [-0.4, -0.2) is 35.7 Å². The van der Waals surface area contributed by atoms with Gasteiger partial charge in [0.15, 0.2) is 0 Å². The predicted octanol–water partition coefficient (Wildman–Crippen LogP) is 7.75. The molecule has 6 heteroatoms. The normalized spacial score (nSPS) is 20.5. The molecule has 3 atom stereocenters. The van der Waals surface area contributed by atoms with Crippen molar-refractivity contribution in [3.8, 4) is 17.2 Å². The van der Waals surface area contributed by atoms with Crippen molar-refractivity contribution in [1.29, 1.82) is 0 Å². The third-order valence-electron chi connectivity index (χ3n) is 7.70. The fourth-order valence-corrected chi connectivity index (χ4v) is 5.48. The predicted molar refractivity (Wildman–Crippen MR) is 147 cm³/mol. The van der Waals surface area contributed by atoms with Gasteiger partial charge in [-0.15, -0.1) is 0 Å². The van der Waals surface area contributed by atoms with Crippen LogP contribution in [-0.2, 0) is 0 Å². The number of hydrogen-bond donors (Lipinski definition) is 1. The number of fused-ring (bicyclic) bond motifs is 1. The number of phenols is 1. The minimum Gasteiger partial charge on any atom is -0.508 e. The van der Waals surface area contributed by atoms with Crippen LogP contribution in [0.25, 0.3) is 11.1 Å². The van der Waals surface area contributed by atoms with E-state index in [1.807, 2.05) is 31.2 Å². The van der Waals surface area contributed by atoms with Gasteiger partial charge in [-0.1, -0.05) is 43.1 Å². The first-order valence-corrected chi connectivity index (χ1v) is 13.3. The van der Waals surface area contributed by atoms with Gasteiger partial charge in [0, 0.05) is 23.7 Å². The summed E-state index contributed by atoms with van der Waals surface area (Å²) in [7, 11) is 0. The largest absolute Gasteiger partial charge is 0.508 e. The van der Waals surface area contributed by atoms with E-state index >= 15 is 0 Å². The molecule has 0 spiro atoms. The fraction of sp³-hybridized carbons (Fsp3) is 0.355. The van der Waals surface area contributed by atoms with Crippen LogP contribution in [0.15, 0.2) is 60.7 Å². The number of ether oxygens (including phenoxy) is 2. The molecule has 1 fully saturated rings. The van der Waals surface area contributed by atoms with Crippen molar-refractivity contribution in [2.75, 3.05) is 19.7 Å². The van der Waals surface area contributed by atoms with Crippen LogP contribution in [0.4, 0.5) is 4.39 Å². The molecule has 0 aliphatic carbocycles. The maximum Gasteiger partial charge on any atom is 0.150 e. The first kappa shape index (κ1) is 25.6. The first-order valence-electron chi connectivity index (χ1n) is 13.0. The SMILES string of the molecule is CC[C@@H]1CCN([C@@H](C)COc2ccc(C3Oc4ccc(O)cc4C(C)=C3c3ccc(Cl)c(F)c3)cc2)C1. The van der Waals surface area contributed by atoms with Crippen LogP contribution in [0.3, 0.4) is 0 Å². The summed E-state index contributed by atoms with van der Waals surface area (Å²) in [5.41, 5.74) is 4.13.